The molecule has 2 aromatic carbocycles. The first kappa shape index (κ1) is 25.6. The van der Waals surface area contributed by atoms with E-state index in [1.807, 2.05) is 23.6 Å². The van der Waals surface area contributed by atoms with Crippen LogP contribution >= 0.6 is 11.8 Å². The van der Waals surface area contributed by atoms with Crippen molar-refractivity contribution in [3.05, 3.63) is 48.0 Å². The topological polar surface area (TPSA) is 136 Å². The molecule has 35 heavy (non-hydrogen) atoms. The average molecular weight is 499 g/mol. The number of hydrogen-bond acceptors (Lipinski definition) is 8. The maximum Gasteiger partial charge on any atom is 0.269 e. The van der Waals surface area contributed by atoms with Crippen molar-refractivity contribution in [3.63, 3.8) is 0 Å². The fourth-order valence-electron chi connectivity index (χ4n) is 3.10. The Hall–Kier alpha value is -4.06. The minimum absolute atomic E-state index is 0.0152. The molecule has 184 valence electrons. The lowest BCUT2D eigenvalue weighted by atomic mass is 10.2. The molecule has 0 saturated carbocycles. The van der Waals surface area contributed by atoms with Crippen LogP contribution in [0.25, 0.3) is 11.4 Å². The zero-order chi connectivity index (χ0) is 25.4. The van der Waals surface area contributed by atoms with Crippen molar-refractivity contribution in [1.82, 2.24) is 25.6 Å². The minimum Gasteiger partial charge on any atom is -0.497 e. The number of ether oxygens (including phenoxy) is 2. The number of carbonyl (C=O) groups excluding carboxylic acids is 3. The molecule has 0 aliphatic rings. The van der Waals surface area contributed by atoms with Crippen molar-refractivity contribution in [2.75, 3.05) is 25.3 Å². The second kappa shape index (κ2) is 11.9. The lowest BCUT2D eigenvalue weighted by molar-refractivity contribution is -0.119. The molecule has 0 atom stereocenters. The van der Waals surface area contributed by atoms with E-state index in [0.29, 0.717) is 34.7 Å². The summed E-state index contributed by atoms with van der Waals surface area (Å²) in [6, 6.07) is 12.0. The van der Waals surface area contributed by atoms with Gasteiger partial charge in [-0.2, -0.15) is 0 Å². The summed E-state index contributed by atoms with van der Waals surface area (Å²) in [5, 5.41) is 11.7. The number of anilines is 1. The molecule has 3 aromatic rings. The molecule has 0 bridgehead atoms. The van der Waals surface area contributed by atoms with Crippen LogP contribution in [0.2, 0.25) is 0 Å². The number of benzene rings is 2. The van der Waals surface area contributed by atoms with Crippen molar-refractivity contribution >= 4 is 35.2 Å². The van der Waals surface area contributed by atoms with Gasteiger partial charge in [-0.05, 0) is 43.3 Å². The van der Waals surface area contributed by atoms with Gasteiger partial charge in [-0.3, -0.25) is 25.2 Å². The van der Waals surface area contributed by atoms with Gasteiger partial charge >= 0.3 is 0 Å². The third kappa shape index (κ3) is 6.73. The second-order valence-electron chi connectivity index (χ2n) is 7.20. The Labute approximate surface area is 206 Å². The van der Waals surface area contributed by atoms with Crippen molar-refractivity contribution in [2.24, 2.45) is 0 Å². The van der Waals surface area contributed by atoms with Crippen LogP contribution in [0.4, 0.5) is 5.69 Å². The Morgan fingerprint density at radius 2 is 1.63 bits per heavy atom. The van der Waals surface area contributed by atoms with E-state index in [4.69, 9.17) is 9.47 Å². The number of rotatable bonds is 9. The molecule has 0 aliphatic carbocycles. The molecule has 3 amide bonds. The maximum atomic E-state index is 12.4. The Morgan fingerprint density at radius 3 is 2.20 bits per heavy atom. The standard InChI is InChI=1S/C23H26N6O5S/c1-5-29-21(15-6-8-17(9-7-15)24-14(2)30)26-28-23(29)35-13-20(31)25-27-22(32)16-10-18(33-3)12-19(11-16)34-4/h6-12H,5,13H2,1-4H3,(H,24,30)(H,25,31)(H,27,32). The van der Waals surface area contributed by atoms with Crippen LogP contribution in [0, 0.1) is 0 Å². The molecule has 0 fully saturated rings. The van der Waals surface area contributed by atoms with E-state index in [1.54, 1.807) is 18.2 Å². The average Bonchev–Trinajstić information content (AvgIpc) is 3.28. The van der Waals surface area contributed by atoms with Gasteiger partial charge in [-0.1, -0.05) is 11.8 Å². The van der Waals surface area contributed by atoms with Crippen LogP contribution < -0.4 is 25.6 Å². The van der Waals surface area contributed by atoms with Crippen LogP contribution in [0.15, 0.2) is 47.6 Å². The minimum atomic E-state index is -0.512. The van der Waals surface area contributed by atoms with E-state index in [2.05, 4.69) is 26.4 Å². The highest BCUT2D eigenvalue weighted by Crippen LogP contribution is 2.25. The third-order valence-electron chi connectivity index (χ3n) is 4.76. The van der Waals surface area contributed by atoms with Gasteiger partial charge in [0.15, 0.2) is 11.0 Å². The van der Waals surface area contributed by atoms with Gasteiger partial charge in [0.2, 0.25) is 11.8 Å². The van der Waals surface area contributed by atoms with Crippen molar-refractivity contribution in [1.29, 1.82) is 0 Å². The molecular weight excluding hydrogens is 472 g/mol. The molecular formula is C23H26N6O5S. The zero-order valence-electron chi connectivity index (χ0n) is 19.7. The second-order valence-corrected chi connectivity index (χ2v) is 8.14. The van der Waals surface area contributed by atoms with Crippen LogP contribution in [0.5, 0.6) is 11.5 Å². The molecule has 12 heteroatoms. The highest BCUT2D eigenvalue weighted by Gasteiger charge is 2.16. The SMILES string of the molecule is CCn1c(SCC(=O)NNC(=O)c2cc(OC)cc(OC)c2)nnc1-c1ccc(NC(C)=O)cc1. The Morgan fingerprint density at radius 1 is 0.971 bits per heavy atom. The predicted octanol–water partition coefficient (Wildman–Crippen LogP) is 2.49. The first-order chi connectivity index (χ1) is 16.8. The molecule has 0 unspecified atom stereocenters. The van der Waals surface area contributed by atoms with E-state index in [0.717, 1.165) is 5.56 Å². The maximum absolute atomic E-state index is 12.4. The number of amides is 3. The molecule has 0 aliphatic heterocycles. The summed E-state index contributed by atoms with van der Waals surface area (Å²) < 4.78 is 12.2. The van der Waals surface area contributed by atoms with Crippen LogP contribution in [0.1, 0.15) is 24.2 Å². The van der Waals surface area contributed by atoms with Gasteiger partial charge in [-0.25, -0.2) is 0 Å². The summed E-state index contributed by atoms with van der Waals surface area (Å²) in [6.07, 6.45) is 0. The first-order valence-electron chi connectivity index (χ1n) is 10.6. The van der Waals surface area contributed by atoms with Gasteiger partial charge in [0.1, 0.15) is 11.5 Å². The van der Waals surface area contributed by atoms with Crippen molar-refractivity contribution < 1.29 is 23.9 Å². The lowest BCUT2D eigenvalue weighted by Gasteiger charge is -2.10. The van der Waals surface area contributed by atoms with E-state index in [1.165, 1.54) is 45.0 Å². The Balaban J connectivity index is 1.59. The normalized spacial score (nSPS) is 10.4. The van der Waals surface area contributed by atoms with Crippen LogP contribution in [-0.4, -0.2) is 52.5 Å². The largest absolute Gasteiger partial charge is 0.497 e. The molecule has 3 rings (SSSR count). The fourth-order valence-corrected chi connectivity index (χ4v) is 3.91. The van der Waals surface area contributed by atoms with E-state index >= 15 is 0 Å². The summed E-state index contributed by atoms with van der Waals surface area (Å²) in [7, 11) is 2.97. The van der Waals surface area contributed by atoms with Crippen LogP contribution in [-0.2, 0) is 16.1 Å². The van der Waals surface area contributed by atoms with E-state index < -0.39 is 11.8 Å². The fraction of sp³-hybridized carbons (Fsp3) is 0.261. The molecule has 1 aromatic heterocycles. The highest BCUT2D eigenvalue weighted by molar-refractivity contribution is 7.99. The Bertz CT molecular complexity index is 1190. The van der Waals surface area contributed by atoms with Gasteiger partial charge in [0, 0.05) is 36.3 Å². The number of nitrogens with one attached hydrogen (secondary N) is 3. The summed E-state index contributed by atoms with van der Waals surface area (Å²) in [4.78, 5) is 35.9. The van der Waals surface area contributed by atoms with Gasteiger partial charge in [-0.15, -0.1) is 10.2 Å². The summed E-state index contributed by atoms with van der Waals surface area (Å²) in [6.45, 7) is 3.99. The van der Waals surface area contributed by atoms with E-state index in [-0.39, 0.29) is 17.2 Å². The predicted molar refractivity (Wildman–Crippen MR) is 131 cm³/mol. The first-order valence-corrected chi connectivity index (χ1v) is 11.6. The molecule has 0 spiro atoms. The molecule has 11 nitrogen and oxygen atoms in total. The lowest BCUT2D eigenvalue weighted by Crippen LogP contribution is -2.42. The number of nitrogens with zero attached hydrogens (tertiary/aromatic N) is 3. The van der Waals surface area contributed by atoms with Crippen LogP contribution in [0.3, 0.4) is 0 Å². The van der Waals surface area contributed by atoms with Crippen molar-refractivity contribution in [3.8, 4) is 22.9 Å². The van der Waals surface area contributed by atoms with Gasteiger partial charge in [0.05, 0.1) is 20.0 Å². The summed E-state index contributed by atoms with van der Waals surface area (Å²) >= 11 is 1.20. The molecule has 0 saturated heterocycles. The number of hydrogen-bond donors (Lipinski definition) is 3. The number of aromatic nitrogens is 3. The van der Waals surface area contributed by atoms with Crippen molar-refractivity contribution in [2.45, 2.75) is 25.5 Å². The third-order valence-corrected chi connectivity index (χ3v) is 5.72. The smallest absolute Gasteiger partial charge is 0.269 e. The van der Waals surface area contributed by atoms with Gasteiger partial charge in [0.25, 0.3) is 5.91 Å². The highest BCUT2D eigenvalue weighted by atomic mass is 32.2. The summed E-state index contributed by atoms with van der Waals surface area (Å²) in [5.41, 5.74) is 6.55. The monoisotopic (exact) mass is 498 g/mol. The quantitative estimate of drug-likeness (QED) is 0.302. The zero-order valence-corrected chi connectivity index (χ0v) is 20.6. The van der Waals surface area contributed by atoms with E-state index in [9.17, 15) is 14.4 Å². The molecule has 0 radical (unpaired) electrons. The number of thioether (sulfide) groups is 1. The number of hydrazine groups is 1. The Kier molecular flexibility index (Phi) is 8.68. The number of methoxy groups -OCH3 is 2. The number of carbonyl (C=O) groups is 3. The van der Waals surface area contributed by atoms with Gasteiger partial charge < -0.3 is 19.4 Å². The molecule has 3 N–H and O–H groups in total. The molecule has 1 heterocycles. The summed E-state index contributed by atoms with van der Waals surface area (Å²) in [5.74, 6) is 0.497.